The summed E-state index contributed by atoms with van der Waals surface area (Å²) < 4.78 is 0. The van der Waals surface area contributed by atoms with Crippen molar-refractivity contribution < 1.29 is 0 Å². The second kappa shape index (κ2) is 8.62. The van der Waals surface area contributed by atoms with Crippen LogP contribution in [-0.2, 0) is 11.8 Å². The molecule has 0 saturated carbocycles. The molecule has 2 N–H and O–H groups in total. The Morgan fingerprint density at radius 2 is 2.08 bits per heavy atom. The van der Waals surface area contributed by atoms with Crippen molar-refractivity contribution in [1.82, 2.24) is 15.6 Å². The van der Waals surface area contributed by atoms with E-state index in [-0.39, 0.29) is 5.41 Å². The van der Waals surface area contributed by atoms with Crippen LogP contribution in [0.3, 0.4) is 0 Å². The number of hydrogen-bond acceptors (Lipinski definition) is 4. The smallest absolute Gasteiger partial charge is 0.191 e. The van der Waals surface area contributed by atoms with Crippen molar-refractivity contribution in [1.29, 1.82) is 0 Å². The van der Waals surface area contributed by atoms with Crippen molar-refractivity contribution in [2.24, 2.45) is 4.99 Å². The maximum absolute atomic E-state index is 4.78. The van der Waals surface area contributed by atoms with Crippen molar-refractivity contribution in [3.63, 3.8) is 0 Å². The predicted molar refractivity (Wildman–Crippen MR) is 107 cm³/mol. The van der Waals surface area contributed by atoms with Gasteiger partial charge in [0, 0.05) is 34.7 Å². The lowest BCUT2D eigenvalue weighted by atomic mass is 9.92. The molecule has 0 radical (unpaired) electrons. The third kappa shape index (κ3) is 5.31. The molecule has 0 amide bonds. The highest BCUT2D eigenvalue weighted by molar-refractivity contribution is 7.11. The number of nitrogens with one attached hydrogen (secondary N) is 2. The maximum Gasteiger partial charge on any atom is 0.191 e. The molecule has 0 fully saturated rings. The molecule has 0 aliphatic carbocycles. The fourth-order valence-corrected chi connectivity index (χ4v) is 4.07. The summed E-state index contributed by atoms with van der Waals surface area (Å²) in [5.74, 6) is 0.882. The lowest BCUT2D eigenvalue weighted by Gasteiger charge is -2.21. The van der Waals surface area contributed by atoms with E-state index in [9.17, 15) is 0 Å². The molecule has 2 heterocycles. The van der Waals surface area contributed by atoms with E-state index in [4.69, 9.17) is 4.99 Å². The van der Waals surface area contributed by atoms with E-state index >= 15 is 0 Å². The van der Waals surface area contributed by atoms with Gasteiger partial charge in [-0.15, -0.1) is 22.7 Å². The minimum Gasteiger partial charge on any atom is -0.357 e. The highest BCUT2D eigenvalue weighted by Gasteiger charge is 2.21. The second-order valence-corrected chi connectivity index (χ2v) is 8.72. The molecule has 2 aromatic rings. The number of rotatable bonds is 7. The molecule has 2 aromatic heterocycles. The molecule has 0 aromatic carbocycles. The number of thiophene rings is 1. The summed E-state index contributed by atoms with van der Waals surface area (Å²) in [5.41, 5.74) is 1.20. The van der Waals surface area contributed by atoms with E-state index in [1.807, 2.05) is 0 Å². The summed E-state index contributed by atoms with van der Waals surface area (Å²) in [6, 6.07) is 4.29. The van der Waals surface area contributed by atoms with Gasteiger partial charge in [0.2, 0.25) is 0 Å². The molecule has 0 aliphatic rings. The molecule has 6 heteroatoms. The van der Waals surface area contributed by atoms with Gasteiger partial charge in [-0.2, -0.15) is 0 Å². The number of aliphatic imine (C=N–C) groups is 1. The quantitative estimate of drug-likeness (QED) is 0.579. The predicted octanol–water partition coefficient (Wildman–Crippen LogP) is 3.90. The van der Waals surface area contributed by atoms with E-state index in [1.165, 1.54) is 14.8 Å². The minimum atomic E-state index is 0.0556. The molecule has 2 rings (SSSR count). The van der Waals surface area contributed by atoms with E-state index in [0.29, 0.717) is 0 Å². The number of thiazole rings is 1. The van der Waals surface area contributed by atoms with Gasteiger partial charge < -0.3 is 10.6 Å². The Hall–Kier alpha value is -1.40. The number of guanidine groups is 1. The van der Waals surface area contributed by atoms with Crippen molar-refractivity contribution in [3.8, 4) is 0 Å². The molecular formula is C18H28N4S2. The lowest BCUT2D eigenvalue weighted by molar-refractivity contribution is 0.548. The summed E-state index contributed by atoms with van der Waals surface area (Å²) in [6.07, 6.45) is 0.929. The summed E-state index contributed by atoms with van der Waals surface area (Å²) in [6.45, 7) is 13.2. The normalized spacial score (nSPS) is 12.5. The average molecular weight is 365 g/mol. The number of nitrogens with zero attached hydrogens (tertiary/aromatic N) is 2. The van der Waals surface area contributed by atoms with E-state index in [0.717, 1.165) is 37.7 Å². The molecule has 0 bridgehead atoms. The third-order valence-electron chi connectivity index (χ3n) is 3.87. The maximum atomic E-state index is 4.78. The summed E-state index contributed by atoms with van der Waals surface area (Å²) in [4.78, 5) is 12.1. The Balaban J connectivity index is 1.90. The van der Waals surface area contributed by atoms with Crippen LogP contribution in [0.2, 0.25) is 0 Å². The first kappa shape index (κ1) is 18.9. The van der Waals surface area contributed by atoms with Crippen LogP contribution >= 0.6 is 22.7 Å². The van der Waals surface area contributed by atoms with Crippen LogP contribution in [0, 0.1) is 13.8 Å². The SMILES string of the molecule is CCNC(=NCC(C)(C)c1cccs1)NCCc1nc(C)c(C)s1. The summed E-state index contributed by atoms with van der Waals surface area (Å²) in [5, 5.41) is 10.1. The van der Waals surface area contributed by atoms with E-state index in [2.05, 4.69) is 67.7 Å². The van der Waals surface area contributed by atoms with Gasteiger partial charge in [0.25, 0.3) is 0 Å². The van der Waals surface area contributed by atoms with Gasteiger partial charge in [-0.25, -0.2) is 4.98 Å². The Labute approximate surface area is 153 Å². The van der Waals surface area contributed by atoms with Crippen LogP contribution in [0.5, 0.6) is 0 Å². The Kier molecular flexibility index (Phi) is 6.80. The van der Waals surface area contributed by atoms with E-state index in [1.54, 1.807) is 22.7 Å². The molecule has 24 heavy (non-hydrogen) atoms. The van der Waals surface area contributed by atoms with Gasteiger partial charge in [-0.1, -0.05) is 19.9 Å². The molecule has 132 valence electrons. The van der Waals surface area contributed by atoms with E-state index < -0.39 is 0 Å². The number of hydrogen-bond donors (Lipinski definition) is 2. The topological polar surface area (TPSA) is 49.3 Å². The van der Waals surface area contributed by atoms with Gasteiger partial charge in [0.05, 0.1) is 17.2 Å². The Bertz CT molecular complexity index is 637. The second-order valence-electron chi connectivity index (χ2n) is 6.48. The first-order valence-electron chi connectivity index (χ1n) is 8.41. The van der Waals surface area contributed by atoms with Gasteiger partial charge in [0.15, 0.2) is 5.96 Å². The first-order valence-corrected chi connectivity index (χ1v) is 10.1. The van der Waals surface area contributed by atoms with Crippen LogP contribution in [0.4, 0.5) is 0 Å². The molecular weight excluding hydrogens is 336 g/mol. The van der Waals surface area contributed by atoms with Crippen LogP contribution < -0.4 is 10.6 Å². The van der Waals surface area contributed by atoms with Gasteiger partial charge >= 0.3 is 0 Å². The molecule has 4 nitrogen and oxygen atoms in total. The number of aryl methyl sites for hydroxylation is 2. The molecule has 0 spiro atoms. The van der Waals surface area contributed by atoms with Gasteiger partial charge in [-0.05, 0) is 32.2 Å². The molecule has 0 saturated heterocycles. The van der Waals surface area contributed by atoms with Crippen LogP contribution in [0.15, 0.2) is 22.5 Å². The molecule has 0 unspecified atom stereocenters. The highest BCUT2D eigenvalue weighted by Crippen LogP contribution is 2.27. The standard InChI is InChI=1S/C18H28N4S2/c1-6-19-17(20-10-9-16-22-13(2)14(3)24-16)21-12-18(4,5)15-8-7-11-23-15/h7-8,11H,6,9-10,12H2,1-5H3,(H2,19,20,21). The summed E-state index contributed by atoms with van der Waals surface area (Å²) in [7, 11) is 0. The van der Waals surface area contributed by atoms with Crippen molar-refractivity contribution in [2.45, 2.75) is 46.5 Å². The third-order valence-corrected chi connectivity index (χ3v) is 6.24. The average Bonchev–Trinajstić information content (AvgIpc) is 3.16. The zero-order chi connectivity index (χ0) is 17.6. The number of aromatic nitrogens is 1. The fraction of sp³-hybridized carbons (Fsp3) is 0.556. The van der Waals surface area contributed by atoms with Gasteiger partial charge in [0.1, 0.15) is 0 Å². The lowest BCUT2D eigenvalue weighted by Crippen LogP contribution is -2.39. The van der Waals surface area contributed by atoms with Crippen molar-refractivity contribution in [2.75, 3.05) is 19.6 Å². The van der Waals surface area contributed by atoms with Gasteiger partial charge in [-0.3, -0.25) is 4.99 Å². The Morgan fingerprint density at radius 1 is 1.29 bits per heavy atom. The summed E-state index contributed by atoms with van der Waals surface area (Å²) >= 11 is 3.58. The zero-order valence-electron chi connectivity index (χ0n) is 15.3. The van der Waals surface area contributed by atoms with Crippen molar-refractivity contribution >= 4 is 28.6 Å². The Morgan fingerprint density at radius 3 is 2.67 bits per heavy atom. The van der Waals surface area contributed by atoms with Crippen LogP contribution in [-0.4, -0.2) is 30.6 Å². The highest BCUT2D eigenvalue weighted by atomic mass is 32.1. The largest absolute Gasteiger partial charge is 0.357 e. The molecule has 0 aliphatic heterocycles. The first-order chi connectivity index (χ1) is 11.4. The van der Waals surface area contributed by atoms with Crippen LogP contribution in [0.25, 0.3) is 0 Å². The molecule has 0 atom stereocenters. The minimum absolute atomic E-state index is 0.0556. The van der Waals surface area contributed by atoms with Crippen LogP contribution in [0.1, 0.15) is 41.2 Å². The zero-order valence-corrected chi connectivity index (χ0v) is 16.9. The van der Waals surface area contributed by atoms with Crippen molar-refractivity contribution in [3.05, 3.63) is 38.0 Å². The fourth-order valence-electron chi connectivity index (χ4n) is 2.29. The monoisotopic (exact) mass is 364 g/mol.